The van der Waals surface area contributed by atoms with Crippen molar-refractivity contribution in [1.29, 1.82) is 0 Å². The third kappa shape index (κ3) is 4.62. The predicted molar refractivity (Wildman–Crippen MR) is 122 cm³/mol. The quantitative estimate of drug-likeness (QED) is 0.650. The van der Waals surface area contributed by atoms with Gasteiger partial charge in [0.1, 0.15) is 6.02 Å². The lowest BCUT2D eigenvalue weighted by Gasteiger charge is -2.29. The van der Waals surface area contributed by atoms with E-state index in [1.54, 1.807) is 17.4 Å². The Kier molecular flexibility index (Phi) is 4.63. The number of rotatable bonds is 6. The molecule has 0 unspecified atom stereocenters. The lowest BCUT2D eigenvalue weighted by atomic mass is 10.0. The Balaban J connectivity index is 1.32. The van der Waals surface area contributed by atoms with E-state index in [2.05, 4.69) is 22.3 Å². The first-order valence-corrected chi connectivity index (χ1v) is 10.9. The van der Waals surface area contributed by atoms with E-state index in [0.717, 1.165) is 38.4 Å². The maximum absolute atomic E-state index is 13.3. The van der Waals surface area contributed by atoms with Crippen molar-refractivity contribution in [3.63, 3.8) is 0 Å². The molecule has 2 N–H and O–H groups in total. The lowest BCUT2D eigenvalue weighted by Crippen LogP contribution is -2.52. The molecule has 1 atom stereocenters. The van der Waals surface area contributed by atoms with Crippen LogP contribution in [0.25, 0.3) is 0 Å². The molecular weight excluding hydrogens is 420 g/mol. The van der Waals surface area contributed by atoms with Gasteiger partial charge in [-0.25, -0.2) is 0 Å². The van der Waals surface area contributed by atoms with Crippen molar-refractivity contribution < 1.29 is 26.0 Å². The van der Waals surface area contributed by atoms with Gasteiger partial charge in [-0.3, -0.25) is 24.6 Å². The van der Waals surface area contributed by atoms with Crippen LogP contribution in [0.3, 0.4) is 0 Å². The van der Waals surface area contributed by atoms with Gasteiger partial charge in [0.05, 0.1) is 14.6 Å². The summed E-state index contributed by atoms with van der Waals surface area (Å²) in [6.07, 6.45) is -6.50. The van der Waals surface area contributed by atoms with Gasteiger partial charge in [-0.2, -0.15) is 0 Å². The second-order valence-corrected chi connectivity index (χ2v) is 8.16. The van der Waals surface area contributed by atoms with Crippen molar-refractivity contribution in [2.75, 3.05) is 31.6 Å². The fourth-order valence-corrected chi connectivity index (χ4v) is 4.21. The van der Waals surface area contributed by atoms with Crippen LogP contribution in [0.15, 0.2) is 42.5 Å². The first-order valence-electron chi connectivity index (χ1n) is 13.4. The van der Waals surface area contributed by atoms with Crippen molar-refractivity contribution in [3.05, 3.63) is 64.7 Å². The molecule has 0 saturated carbocycles. The molecule has 0 spiro atoms. The van der Waals surface area contributed by atoms with Gasteiger partial charge in [0, 0.05) is 61.4 Å². The van der Waals surface area contributed by atoms with Crippen molar-refractivity contribution in [3.8, 4) is 0 Å². The summed E-state index contributed by atoms with van der Waals surface area (Å²) in [4.78, 5) is 41.0. The number of piperidine rings is 1. The van der Waals surface area contributed by atoms with Crippen molar-refractivity contribution >= 4 is 23.4 Å². The SMILES string of the molecule is [2H]C1([2H])C(=O)NC(=O)[C@]([2H])(N2Cc3c(NCc4ccc(CN5CCOCC5)cc4)cccc3C2=O)C1([2H])[2H]. The number of hydrogen-bond acceptors (Lipinski definition) is 6. The molecule has 0 radical (unpaired) electrons. The number of nitrogens with zero attached hydrogens (tertiary/aromatic N) is 2. The maximum atomic E-state index is 13.3. The second-order valence-electron chi connectivity index (χ2n) is 8.16. The third-order valence-corrected chi connectivity index (χ3v) is 5.99. The van der Waals surface area contributed by atoms with Gasteiger partial charge in [-0.05, 0) is 29.6 Å². The Hall–Kier alpha value is -3.23. The van der Waals surface area contributed by atoms with E-state index in [1.165, 1.54) is 11.6 Å². The summed E-state index contributed by atoms with van der Waals surface area (Å²) >= 11 is 0. The minimum Gasteiger partial charge on any atom is -0.381 e. The molecule has 172 valence electrons. The van der Waals surface area contributed by atoms with Crippen LogP contribution in [-0.4, -0.2) is 59.8 Å². The molecule has 3 aliphatic heterocycles. The molecule has 8 heteroatoms. The van der Waals surface area contributed by atoms with E-state index in [-0.39, 0.29) is 12.1 Å². The fourth-order valence-electron chi connectivity index (χ4n) is 4.21. The van der Waals surface area contributed by atoms with E-state index in [1.807, 2.05) is 12.1 Å². The fraction of sp³-hybridized carbons (Fsp3) is 0.400. The summed E-state index contributed by atoms with van der Waals surface area (Å²) in [5.74, 6) is -3.64. The van der Waals surface area contributed by atoms with Crippen molar-refractivity contribution in [1.82, 2.24) is 15.1 Å². The number of ether oxygens (including phenoxy) is 1. The van der Waals surface area contributed by atoms with E-state index < -0.39 is 36.5 Å². The van der Waals surface area contributed by atoms with Crippen LogP contribution in [0.4, 0.5) is 5.69 Å². The summed E-state index contributed by atoms with van der Waals surface area (Å²) in [7, 11) is 0. The van der Waals surface area contributed by atoms with Crippen LogP contribution in [0.1, 0.15) is 46.6 Å². The molecule has 3 heterocycles. The molecule has 8 nitrogen and oxygen atoms in total. The van der Waals surface area contributed by atoms with E-state index in [0.29, 0.717) is 22.7 Å². The van der Waals surface area contributed by atoms with Gasteiger partial charge in [-0.15, -0.1) is 0 Å². The van der Waals surface area contributed by atoms with Gasteiger partial charge in [0.25, 0.3) is 5.91 Å². The molecule has 0 aromatic heterocycles. The van der Waals surface area contributed by atoms with Crippen LogP contribution in [0, 0.1) is 0 Å². The molecule has 33 heavy (non-hydrogen) atoms. The van der Waals surface area contributed by atoms with Crippen molar-refractivity contribution in [2.24, 2.45) is 0 Å². The van der Waals surface area contributed by atoms with Crippen LogP contribution in [0.5, 0.6) is 0 Å². The van der Waals surface area contributed by atoms with Crippen LogP contribution < -0.4 is 10.6 Å². The Labute approximate surface area is 199 Å². The highest BCUT2D eigenvalue weighted by Gasteiger charge is 2.39. The summed E-state index contributed by atoms with van der Waals surface area (Å²) in [5.41, 5.74) is 3.42. The van der Waals surface area contributed by atoms with E-state index >= 15 is 0 Å². The number of fused-ring (bicyclic) bond motifs is 1. The van der Waals surface area contributed by atoms with Crippen molar-refractivity contribution in [2.45, 2.75) is 38.4 Å². The predicted octanol–water partition coefficient (Wildman–Crippen LogP) is 1.89. The first kappa shape index (κ1) is 16.4. The number of carbonyl (C=O) groups excluding carboxylic acids is 3. The first-order chi connectivity index (χ1) is 18.0. The topological polar surface area (TPSA) is 91.0 Å². The molecule has 2 aromatic carbocycles. The monoisotopic (exact) mass is 453 g/mol. The highest BCUT2D eigenvalue weighted by atomic mass is 16.5. The maximum Gasteiger partial charge on any atom is 0.255 e. The van der Waals surface area contributed by atoms with Crippen LogP contribution in [0.2, 0.25) is 0 Å². The van der Waals surface area contributed by atoms with Gasteiger partial charge in [-0.1, -0.05) is 30.3 Å². The summed E-state index contributed by atoms with van der Waals surface area (Å²) < 4.78 is 46.4. The highest BCUT2D eigenvalue weighted by Crippen LogP contribution is 2.32. The number of imide groups is 1. The van der Waals surface area contributed by atoms with Crippen LogP contribution in [-0.2, 0) is 34.0 Å². The number of carbonyl (C=O) groups is 3. The van der Waals surface area contributed by atoms with Gasteiger partial charge in [0.15, 0.2) is 0 Å². The molecule has 2 saturated heterocycles. The Morgan fingerprint density at radius 1 is 1.09 bits per heavy atom. The number of morpholine rings is 1. The Bertz CT molecular complexity index is 1280. The zero-order valence-corrected chi connectivity index (χ0v) is 18.0. The molecule has 3 aliphatic rings. The zero-order chi connectivity index (χ0) is 27.3. The van der Waals surface area contributed by atoms with Gasteiger partial charge >= 0.3 is 0 Å². The number of benzene rings is 2. The summed E-state index contributed by atoms with van der Waals surface area (Å²) in [5, 5.41) is 5.02. The molecular formula is C25H28N4O4. The average molecular weight is 454 g/mol. The normalized spacial score (nSPS) is 28.7. The smallest absolute Gasteiger partial charge is 0.255 e. The highest BCUT2D eigenvalue weighted by molar-refractivity contribution is 6.06. The number of anilines is 1. The molecule has 3 amide bonds. The molecule has 5 rings (SSSR count). The van der Waals surface area contributed by atoms with Crippen LogP contribution >= 0.6 is 0 Å². The molecule has 2 aromatic rings. The molecule has 2 fully saturated rings. The summed E-state index contributed by atoms with van der Waals surface area (Å²) in [6.45, 7) is 4.28. The number of hydrogen-bond donors (Lipinski definition) is 2. The second kappa shape index (κ2) is 9.33. The third-order valence-electron chi connectivity index (χ3n) is 5.99. The largest absolute Gasteiger partial charge is 0.381 e. The minimum atomic E-state index is -3.30. The minimum absolute atomic E-state index is 0.184. The average Bonchev–Trinajstić information content (AvgIpc) is 3.24. The number of nitrogens with one attached hydrogen (secondary N) is 2. The molecule has 0 aliphatic carbocycles. The standard InChI is InChI=1S/C25H28N4O4/c30-23-9-8-22(24(31)27-23)29-16-20-19(25(29)32)2-1-3-21(20)26-14-17-4-6-18(7-5-17)15-28-10-12-33-13-11-28/h1-7,22,26H,8-16H2,(H,27,30,31)/t22-/m1/s1/i8D2,9D2,22D. The van der Waals surface area contributed by atoms with Gasteiger partial charge in [0.2, 0.25) is 11.8 Å². The van der Waals surface area contributed by atoms with Gasteiger partial charge < -0.3 is 15.0 Å². The lowest BCUT2D eigenvalue weighted by molar-refractivity contribution is -0.136. The summed E-state index contributed by atoms with van der Waals surface area (Å²) in [6, 6.07) is 10.1. The Morgan fingerprint density at radius 2 is 1.85 bits per heavy atom. The zero-order valence-electron chi connectivity index (χ0n) is 23.0. The van der Waals surface area contributed by atoms with E-state index in [4.69, 9.17) is 11.6 Å². The molecule has 0 bridgehead atoms. The Morgan fingerprint density at radius 3 is 2.64 bits per heavy atom. The number of amides is 3. The van der Waals surface area contributed by atoms with E-state index in [9.17, 15) is 14.4 Å².